The second-order valence-corrected chi connectivity index (χ2v) is 7.72. The normalized spacial score (nSPS) is 45.0. The Bertz CT molecular complexity index is 603. The molecule has 0 saturated carbocycles. The van der Waals surface area contributed by atoms with Gasteiger partial charge in [0.05, 0.1) is 17.6 Å². The van der Waals surface area contributed by atoms with E-state index in [9.17, 15) is 9.90 Å². The molecular formula is C20H28O4. The van der Waals surface area contributed by atoms with Crippen LogP contribution in [0, 0.1) is 5.92 Å². The van der Waals surface area contributed by atoms with E-state index in [2.05, 4.69) is 32.6 Å². The molecule has 24 heavy (non-hydrogen) atoms. The molecular weight excluding hydrogens is 304 g/mol. The lowest BCUT2D eigenvalue weighted by atomic mass is 9.83. The Morgan fingerprint density at radius 1 is 1.25 bits per heavy atom. The van der Waals surface area contributed by atoms with E-state index in [0.29, 0.717) is 12.0 Å². The lowest BCUT2D eigenvalue weighted by Crippen LogP contribution is -2.35. The zero-order valence-corrected chi connectivity index (χ0v) is 14.9. The molecule has 1 aliphatic carbocycles. The van der Waals surface area contributed by atoms with Gasteiger partial charge in [0, 0.05) is 5.57 Å². The topological polar surface area (TPSA) is 59.1 Å². The Hall–Kier alpha value is -1.39. The van der Waals surface area contributed by atoms with E-state index in [-0.39, 0.29) is 17.6 Å². The van der Waals surface area contributed by atoms with E-state index >= 15 is 0 Å². The summed E-state index contributed by atoms with van der Waals surface area (Å²) in [7, 11) is 0. The van der Waals surface area contributed by atoms with Crippen molar-refractivity contribution in [2.24, 2.45) is 5.92 Å². The minimum Gasteiger partial charge on any atom is -0.455 e. The van der Waals surface area contributed by atoms with E-state index in [1.807, 2.05) is 6.92 Å². The molecule has 0 aromatic rings. The molecule has 5 atom stereocenters. The van der Waals surface area contributed by atoms with Gasteiger partial charge in [0.25, 0.3) is 0 Å². The second kappa shape index (κ2) is 6.49. The predicted octanol–water partition coefficient (Wildman–Crippen LogP) is 3.46. The number of ether oxygens (including phenoxy) is 2. The number of aliphatic hydroxyl groups is 1. The molecule has 0 radical (unpaired) electrons. The van der Waals surface area contributed by atoms with Crippen LogP contribution in [0.5, 0.6) is 0 Å². The Labute approximate surface area is 144 Å². The Morgan fingerprint density at radius 2 is 1.96 bits per heavy atom. The van der Waals surface area contributed by atoms with Crippen LogP contribution >= 0.6 is 0 Å². The SMILES string of the molecule is C=C1C(=O)O[C@@H]2C3O[C@]3(C)CC/C=C(\C)CC/C=C(\C)C[C@H](O)[C@@H]12. The summed E-state index contributed by atoms with van der Waals surface area (Å²) in [5.74, 6) is -0.781. The summed E-state index contributed by atoms with van der Waals surface area (Å²) in [6.07, 6.45) is 7.61. The molecule has 2 aliphatic heterocycles. The summed E-state index contributed by atoms with van der Waals surface area (Å²) in [4.78, 5) is 12.0. The molecule has 1 unspecified atom stereocenters. The number of carbonyl (C=O) groups excluding carboxylic acids is 1. The third-order valence-electron chi connectivity index (χ3n) is 5.61. The predicted molar refractivity (Wildman–Crippen MR) is 92.4 cm³/mol. The van der Waals surface area contributed by atoms with Crippen LogP contribution < -0.4 is 0 Å². The van der Waals surface area contributed by atoms with Gasteiger partial charge in [-0.25, -0.2) is 4.79 Å². The third kappa shape index (κ3) is 3.35. The molecule has 0 aromatic heterocycles. The number of esters is 1. The van der Waals surface area contributed by atoms with Gasteiger partial charge < -0.3 is 14.6 Å². The summed E-state index contributed by atoms with van der Waals surface area (Å²) < 4.78 is 11.5. The number of aliphatic hydroxyl groups excluding tert-OH is 1. The number of hydrogen-bond donors (Lipinski definition) is 1. The third-order valence-corrected chi connectivity index (χ3v) is 5.61. The molecule has 4 heteroatoms. The van der Waals surface area contributed by atoms with Gasteiger partial charge >= 0.3 is 5.97 Å². The van der Waals surface area contributed by atoms with Crippen LogP contribution in [0.2, 0.25) is 0 Å². The Morgan fingerprint density at radius 3 is 2.71 bits per heavy atom. The molecule has 0 spiro atoms. The van der Waals surface area contributed by atoms with Gasteiger partial charge in [-0.15, -0.1) is 0 Å². The minimum atomic E-state index is -0.668. The maximum atomic E-state index is 12.0. The van der Waals surface area contributed by atoms with Crippen molar-refractivity contribution in [2.75, 3.05) is 0 Å². The van der Waals surface area contributed by atoms with Gasteiger partial charge in [-0.1, -0.05) is 29.9 Å². The number of rotatable bonds is 0. The molecule has 0 aromatic carbocycles. The van der Waals surface area contributed by atoms with Crippen LogP contribution in [-0.2, 0) is 14.3 Å². The average molecular weight is 332 g/mol. The number of fused-ring (bicyclic) bond motifs is 3. The van der Waals surface area contributed by atoms with Crippen LogP contribution in [0.4, 0.5) is 0 Å². The first kappa shape index (κ1) is 17.4. The minimum absolute atomic E-state index is 0.152. The van der Waals surface area contributed by atoms with E-state index < -0.39 is 18.2 Å². The highest BCUT2D eigenvalue weighted by molar-refractivity contribution is 5.91. The average Bonchev–Trinajstić information content (AvgIpc) is 3.07. The van der Waals surface area contributed by atoms with Crippen LogP contribution in [0.3, 0.4) is 0 Å². The summed E-state index contributed by atoms with van der Waals surface area (Å²) >= 11 is 0. The zero-order valence-electron chi connectivity index (χ0n) is 14.9. The molecule has 2 heterocycles. The van der Waals surface area contributed by atoms with Crippen molar-refractivity contribution in [3.05, 3.63) is 35.5 Å². The fourth-order valence-electron chi connectivity index (χ4n) is 3.97. The Balaban J connectivity index is 1.85. The lowest BCUT2D eigenvalue weighted by Gasteiger charge is -2.23. The summed E-state index contributed by atoms with van der Waals surface area (Å²) in [5.41, 5.74) is 2.62. The zero-order chi connectivity index (χ0) is 17.5. The van der Waals surface area contributed by atoms with Gasteiger partial charge in [-0.2, -0.15) is 0 Å². The summed E-state index contributed by atoms with van der Waals surface area (Å²) in [6.45, 7) is 10.1. The molecule has 4 nitrogen and oxygen atoms in total. The molecule has 1 N–H and O–H groups in total. The van der Waals surface area contributed by atoms with Crippen LogP contribution in [0.1, 0.15) is 52.9 Å². The van der Waals surface area contributed by atoms with E-state index in [1.54, 1.807) is 0 Å². The van der Waals surface area contributed by atoms with Gasteiger partial charge in [-0.3, -0.25) is 0 Å². The number of allylic oxidation sites excluding steroid dienone is 3. The van der Waals surface area contributed by atoms with Gasteiger partial charge in [0.1, 0.15) is 12.2 Å². The highest BCUT2D eigenvalue weighted by Crippen LogP contribution is 2.49. The monoisotopic (exact) mass is 332 g/mol. The highest BCUT2D eigenvalue weighted by atomic mass is 16.6. The molecule has 0 bridgehead atoms. The highest BCUT2D eigenvalue weighted by Gasteiger charge is 2.62. The fourth-order valence-corrected chi connectivity index (χ4v) is 3.97. The molecule has 3 rings (SSSR count). The van der Waals surface area contributed by atoms with Crippen molar-refractivity contribution in [1.29, 1.82) is 0 Å². The molecule has 3 aliphatic rings. The summed E-state index contributed by atoms with van der Waals surface area (Å²) in [6, 6.07) is 0. The molecule has 0 amide bonds. The van der Waals surface area contributed by atoms with E-state index in [1.165, 1.54) is 5.57 Å². The molecule has 132 valence electrons. The van der Waals surface area contributed by atoms with Crippen LogP contribution in [-0.4, -0.2) is 35.0 Å². The number of hydrogen-bond acceptors (Lipinski definition) is 4. The molecule has 2 fully saturated rings. The van der Waals surface area contributed by atoms with Crippen molar-refractivity contribution in [2.45, 2.75) is 76.8 Å². The van der Waals surface area contributed by atoms with Crippen molar-refractivity contribution < 1.29 is 19.4 Å². The molecule has 2 saturated heterocycles. The van der Waals surface area contributed by atoms with Gasteiger partial charge in [-0.05, 0) is 52.9 Å². The smallest absolute Gasteiger partial charge is 0.334 e. The van der Waals surface area contributed by atoms with Crippen molar-refractivity contribution >= 4 is 5.97 Å². The van der Waals surface area contributed by atoms with E-state index in [4.69, 9.17) is 9.47 Å². The quantitative estimate of drug-likeness (QED) is 0.319. The summed E-state index contributed by atoms with van der Waals surface area (Å²) in [5, 5.41) is 10.7. The maximum absolute atomic E-state index is 12.0. The van der Waals surface area contributed by atoms with Gasteiger partial charge in [0.2, 0.25) is 0 Å². The number of carbonyl (C=O) groups is 1. The largest absolute Gasteiger partial charge is 0.455 e. The first-order valence-electron chi connectivity index (χ1n) is 8.89. The lowest BCUT2D eigenvalue weighted by molar-refractivity contribution is -0.140. The van der Waals surface area contributed by atoms with Crippen LogP contribution in [0.15, 0.2) is 35.5 Å². The van der Waals surface area contributed by atoms with Crippen molar-refractivity contribution in [3.63, 3.8) is 0 Å². The standard InChI is InChI=1S/C20H28O4/c1-12-7-5-8-13(2)11-15(21)16-14(3)19(22)23-17(16)18-20(4,24-18)10-6-9-12/h8-9,15-18,21H,3,5-7,10-11H2,1-2,4H3/b12-9+,13-8+/t15-,16+,17-,18?,20+/m0/s1. The maximum Gasteiger partial charge on any atom is 0.334 e. The number of epoxide rings is 1. The van der Waals surface area contributed by atoms with Crippen molar-refractivity contribution in [1.82, 2.24) is 0 Å². The first-order chi connectivity index (χ1) is 11.3. The van der Waals surface area contributed by atoms with Crippen LogP contribution in [0.25, 0.3) is 0 Å². The Kier molecular flexibility index (Phi) is 4.71. The van der Waals surface area contributed by atoms with Gasteiger partial charge in [0.15, 0.2) is 0 Å². The fraction of sp³-hybridized carbons (Fsp3) is 0.650. The van der Waals surface area contributed by atoms with E-state index in [0.717, 1.165) is 31.3 Å². The van der Waals surface area contributed by atoms with Crippen molar-refractivity contribution in [3.8, 4) is 0 Å². The first-order valence-corrected chi connectivity index (χ1v) is 8.89. The second-order valence-electron chi connectivity index (χ2n) is 7.72.